The van der Waals surface area contributed by atoms with E-state index in [4.69, 9.17) is 14.2 Å². The lowest BCUT2D eigenvalue weighted by Crippen LogP contribution is -2.49. The number of ketones is 1. The zero-order chi connectivity index (χ0) is 22.1. The van der Waals surface area contributed by atoms with Crippen LogP contribution in [0.15, 0.2) is 30.3 Å². The lowest BCUT2D eigenvalue weighted by atomic mass is 9.69. The number of esters is 2. The van der Waals surface area contributed by atoms with Crippen molar-refractivity contribution in [2.24, 2.45) is 5.41 Å². The van der Waals surface area contributed by atoms with Crippen molar-refractivity contribution in [3.05, 3.63) is 47.0 Å². The molecule has 0 amide bonds. The molecule has 30 heavy (non-hydrogen) atoms. The number of hydrogen-bond donors (Lipinski definition) is 0. The summed E-state index contributed by atoms with van der Waals surface area (Å²) in [5, 5.41) is 16.9. The van der Waals surface area contributed by atoms with Gasteiger partial charge in [-0.25, -0.2) is 0 Å². The predicted octanol–water partition coefficient (Wildman–Crippen LogP) is 2.55. The Hall–Kier alpha value is -3.80. The van der Waals surface area contributed by atoms with Crippen LogP contribution >= 0.6 is 0 Å². The van der Waals surface area contributed by atoms with E-state index in [0.29, 0.717) is 16.7 Å². The standard InChI is InChI=1S/C21H19N3O6/c1-11(25)28-16-7-8-17(24-23-16)30-18-15-9-13(10-22)5-6-14(15)19(27)21(3,4)20(18)29-12(2)26/h5-9,18,20H,1-4H3. The highest BCUT2D eigenvalue weighted by Gasteiger charge is 2.51. The topological polar surface area (TPSA) is 128 Å². The highest BCUT2D eigenvalue weighted by Crippen LogP contribution is 2.45. The largest absolute Gasteiger partial charge is 0.464 e. The number of hydrogen-bond acceptors (Lipinski definition) is 9. The van der Waals surface area contributed by atoms with Crippen LogP contribution in [0.2, 0.25) is 0 Å². The molecule has 0 fully saturated rings. The van der Waals surface area contributed by atoms with E-state index < -0.39 is 29.6 Å². The third kappa shape index (κ3) is 3.98. The van der Waals surface area contributed by atoms with Gasteiger partial charge in [-0.1, -0.05) is 0 Å². The van der Waals surface area contributed by atoms with E-state index in [2.05, 4.69) is 10.2 Å². The van der Waals surface area contributed by atoms with Gasteiger partial charge in [-0.3, -0.25) is 14.4 Å². The quantitative estimate of drug-likeness (QED) is 0.699. The fourth-order valence-corrected chi connectivity index (χ4v) is 3.31. The van der Waals surface area contributed by atoms with Crippen LogP contribution in [-0.2, 0) is 14.3 Å². The Morgan fingerprint density at radius 2 is 1.73 bits per heavy atom. The molecule has 0 bridgehead atoms. The van der Waals surface area contributed by atoms with Gasteiger partial charge in [-0.15, -0.1) is 10.2 Å². The average Bonchev–Trinajstić information content (AvgIpc) is 2.69. The van der Waals surface area contributed by atoms with Gasteiger partial charge in [0.1, 0.15) is 0 Å². The van der Waals surface area contributed by atoms with Crippen LogP contribution in [0.5, 0.6) is 11.8 Å². The van der Waals surface area contributed by atoms with Crippen molar-refractivity contribution < 1.29 is 28.6 Å². The summed E-state index contributed by atoms with van der Waals surface area (Å²) < 4.78 is 16.3. The maximum absolute atomic E-state index is 13.1. The second-order valence-corrected chi connectivity index (χ2v) is 7.34. The summed E-state index contributed by atoms with van der Waals surface area (Å²) in [6.45, 7) is 5.80. The fraction of sp³-hybridized carbons (Fsp3) is 0.333. The number of nitrogens with zero attached hydrogens (tertiary/aromatic N) is 3. The summed E-state index contributed by atoms with van der Waals surface area (Å²) in [6, 6.07) is 9.50. The van der Waals surface area contributed by atoms with Crippen molar-refractivity contribution in [1.82, 2.24) is 10.2 Å². The first-order valence-electron chi connectivity index (χ1n) is 9.08. The van der Waals surface area contributed by atoms with Crippen LogP contribution in [-0.4, -0.2) is 34.0 Å². The highest BCUT2D eigenvalue weighted by molar-refractivity contribution is 6.03. The number of aromatic nitrogens is 2. The van der Waals surface area contributed by atoms with Gasteiger partial charge in [0.05, 0.1) is 17.0 Å². The minimum Gasteiger partial charge on any atom is -0.464 e. The first kappa shape index (κ1) is 20.9. The van der Waals surface area contributed by atoms with E-state index in [0.717, 1.165) is 0 Å². The lowest BCUT2D eigenvalue weighted by Gasteiger charge is -2.42. The minimum atomic E-state index is -1.09. The van der Waals surface area contributed by atoms with Crippen LogP contribution in [0.4, 0.5) is 0 Å². The first-order chi connectivity index (χ1) is 14.1. The van der Waals surface area contributed by atoms with Gasteiger partial charge in [0.2, 0.25) is 11.8 Å². The second kappa shape index (κ2) is 7.91. The van der Waals surface area contributed by atoms with Gasteiger partial charge < -0.3 is 14.2 Å². The Kier molecular flexibility index (Phi) is 5.52. The maximum Gasteiger partial charge on any atom is 0.309 e. The zero-order valence-corrected chi connectivity index (χ0v) is 16.8. The summed E-state index contributed by atoms with van der Waals surface area (Å²) in [7, 11) is 0. The van der Waals surface area contributed by atoms with Crippen LogP contribution in [0, 0.1) is 16.7 Å². The number of carbonyl (C=O) groups is 3. The molecule has 0 aliphatic heterocycles. The normalized spacial score (nSPS) is 19.2. The van der Waals surface area contributed by atoms with Gasteiger partial charge in [0.15, 0.2) is 18.0 Å². The number of Topliss-reactive ketones (excluding diaryl/α,β-unsaturated/α-hetero) is 1. The van der Waals surface area contributed by atoms with Crippen molar-refractivity contribution in [1.29, 1.82) is 5.26 Å². The number of ether oxygens (including phenoxy) is 3. The van der Waals surface area contributed by atoms with Gasteiger partial charge >= 0.3 is 11.9 Å². The van der Waals surface area contributed by atoms with Crippen LogP contribution in [0.1, 0.15) is 55.3 Å². The Balaban J connectivity index is 2.06. The molecular formula is C21H19N3O6. The number of carbonyl (C=O) groups excluding carboxylic acids is 3. The summed E-state index contributed by atoms with van der Waals surface area (Å²) in [5.74, 6) is -1.29. The van der Waals surface area contributed by atoms with E-state index in [1.165, 1.54) is 32.0 Å². The molecule has 9 nitrogen and oxygen atoms in total. The zero-order valence-electron chi connectivity index (χ0n) is 16.8. The predicted molar refractivity (Wildman–Crippen MR) is 102 cm³/mol. The van der Waals surface area contributed by atoms with Gasteiger partial charge in [0.25, 0.3) is 0 Å². The van der Waals surface area contributed by atoms with Crippen molar-refractivity contribution >= 4 is 17.7 Å². The molecule has 1 heterocycles. The van der Waals surface area contributed by atoms with E-state index in [1.807, 2.05) is 6.07 Å². The maximum atomic E-state index is 13.1. The molecule has 154 valence electrons. The van der Waals surface area contributed by atoms with Crippen LogP contribution in [0.25, 0.3) is 0 Å². The summed E-state index contributed by atoms with van der Waals surface area (Å²) in [4.78, 5) is 35.9. The first-order valence-corrected chi connectivity index (χ1v) is 9.08. The van der Waals surface area contributed by atoms with Crippen molar-refractivity contribution in [2.75, 3.05) is 0 Å². The second-order valence-electron chi connectivity index (χ2n) is 7.34. The lowest BCUT2D eigenvalue weighted by molar-refractivity contribution is -0.159. The summed E-state index contributed by atoms with van der Waals surface area (Å²) in [5.41, 5.74) is 0.0166. The molecule has 2 unspecified atom stereocenters. The highest BCUT2D eigenvalue weighted by atomic mass is 16.6. The molecule has 1 aliphatic carbocycles. The molecule has 1 aromatic heterocycles. The molecule has 0 N–H and O–H groups in total. The van der Waals surface area contributed by atoms with Gasteiger partial charge in [-0.05, 0) is 32.0 Å². The number of benzene rings is 1. The molecule has 3 rings (SSSR count). The van der Waals surface area contributed by atoms with Crippen LogP contribution in [0.3, 0.4) is 0 Å². The number of rotatable bonds is 4. The molecule has 0 radical (unpaired) electrons. The molecule has 1 aromatic carbocycles. The number of nitriles is 1. The van der Waals surface area contributed by atoms with E-state index >= 15 is 0 Å². The van der Waals surface area contributed by atoms with Gasteiger partial charge in [-0.2, -0.15) is 5.26 Å². The molecule has 9 heteroatoms. The van der Waals surface area contributed by atoms with Crippen molar-refractivity contribution in [3.8, 4) is 17.8 Å². The van der Waals surface area contributed by atoms with E-state index in [-0.39, 0.29) is 17.5 Å². The molecule has 0 saturated carbocycles. The van der Waals surface area contributed by atoms with Crippen molar-refractivity contribution in [2.45, 2.75) is 39.9 Å². The SMILES string of the molecule is CC(=O)Oc1ccc(OC2c3cc(C#N)ccc3C(=O)C(C)(C)C2OC(C)=O)nn1. The number of fused-ring (bicyclic) bond motifs is 1. The minimum absolute atomic E-state index is 0.00213. The molecular weight excluding hydrogens is 390 g/mol. The van der Waals surface area contributed by atoms with Crippen LogP contribution < -0.4 is 9.47 Å². The molecule has 2 aromatic rings. The average molecular weight is 409 g/mol. The molecule has 0 saturated heterocycles. The Bertz CT molecular complexity index is 1060. The molecule has 2 atom stereocenters. The third-order valence-electron chi connectivity index (χ3n) is 4.71. The Morgan fingerprint density at radius 3 is 2.30 bits per heavy atom. The van der Waals surface area contributed by atoms with E-state index in [9.17, 15) is 19.6 Å². The third-order valence-corrected chi connectivity index (χ3v) is 4.71. The van der Waals surface area contributed by atoms with Gasteiger partial charge in [0, 0.05) is 37.1 Å². The molecule has 0 spiro atoms. The smallest absolute Gasteiger partial charge is 0.309 e. The van der Waals surface area contributed by atoms with Crippen molar-refractivity contribution in [3.63, 3.8) is 0 Å². The summed E-state index contributed by atoms with van der Waals surface area (Å²) in [6.07, 6.45) is -1.89. The summed E-state index contributed by atoms with van der Waals surface area (Å²) >= 11 is 0. The monoisotopic (exact) mass is 409 g/mol. The fourth-order valence-electron chi connectivity index (χ4n) is 3.31. The Labute approximate surface area is 172 Å². The Morgan fingerprint density at radius 1 is 1.07 bits per heavy atom. The molecule has 1 aliphatic rings. The van der Waals surface area contributed by atoms with E-state index in [1.54, 1.807) is 26.0 Å².